The number of likely N-dealkylation sites (N-methyl/N-ethyl adjacent to an activating group) is 1. The van der Waals surface area contributed by atoms with E-state index in [1.54, 1.807) is 11.3 Å². The third-order valence-corrected chi connectivity index (χ3v) is 5.32. The minimum Gasteiger partial charge on any atom is -0.314 e. The lowest BCUT2D eigenvalue weighted by Gasteiger charge is -2.23. The molecule has 1 aromatic carbocycles. The minimum atomic E-state index is 0.604. The summed E-state index contributed by atoms with van der Waals surface area (Å²) in [6, 6.07) is 11.1. The Balaban J connectivity index is 1.70. The normalized spacial score (nSPS) is 17.2. The van der Waals surface area contributed by atoms with E-state index in [4.69, 9.17) is 4.98 Å². The molecule has 1 heterocycles. The molecule has 112 valence electrons. The number of aromatic nitrogens is 1. The van der Waals surface area contributed by atoms with Gasteiger partial charge in [-0.2, -0.15) is 0 Å². The molecule has 0 aliphatic heterocycles. The maximum atomic E-state index is 4.85. The van der Waals surface area contributed by atoms with E-state index in [2.05, 4.69) is 48.0 Å². The second-order valence-electron chi connectivity index (χ2n) is 5.91. The molecule has 1 N–H and O–H groups in total. The number of hydrogen-bond donors (Lipinski definition) is 1. The summed E-state index contributed by atoms with van der Waals surface area (Å²) in [7, 11) is 0. The Hall–Kier alpha value is -1.19. The fraction of sp³-hybridized carbons (Fsp3) is 0.500. The molecule has 1 atom stereocenters. The molecule has 1 unspecified atom stereocenters. The Bertz CT molecular complexity index is 543. The van der Waals surface area contributed by atoms with Gasteiger partial charge in [-0.25, -0.2) is 4.98 Å². The Kier molecular flexibility index (Phi) is 5.04. The quantitative estimate of drug-likeness (QED) is 0.848. The van der Waals surface area contributed by atoms with E-state index in [0.717, 1.165) is 24.6 Å². The number of benzene rings is 1. The van der Waals surface area contributed by atoms with Gasteiger partial charge in [0.2, 0.25) is 0 Å². The molecule has 1 aliphatic rings. The highest BCUT2D eigenvalue weighted by Crippen LogP contribution is 2.30. The minimum absolute atomic E-state index is 0.604. The summed E-state index contributed by atoms with van der Waals surface area (Å²) in [6.07, 6.45) is 6.65. The van der Waals surface area contributed by atoms with Gasteiger partial charge in [-0.15, -0.1) is 11.3 Å². The first-order chi connectivity index (χ1) is 10.4. The van der Waals surface area contributed by atoms with Crippen LogP contribution in [0, 0.1) is 5.92 Å². The van der Waals surface area contributed by atoms with Crippen LogP contribution >= 0.6 is 11.3 Å². The molecule has 21 heavy (non-hydrogen) atoms. The summed E-state index contributed by atoms with van der Waals surface area (Å²) in [6.45, 7) is 3.26. The highest BCUT2D eigenvalue weighted by atomic mass is 32.1. The first-order valence-electron chi connectivity index (χ1n) is 8.10. The molecular formula is C18H24N2S. The Morgan fingerprint density at radius 2 is 2.00 bits per heavy atom. The number of nitrogens with one attached hydrogen (secondary N) is 1. The van der Waals surface area contributed by atoms with E-state index in [0.29, 0.717) is 6.04 Å². The molecule has 0 saturated heterocycles. The van der Waals surface area contributed by atoms with Crippen LogP contribution in [0.1, 0.15) is 37.6 Å². The van der Waals surface area contributed by atoms with Crippen molar-refractivity contribution in [3.8, 4) is 11.3 Å². The molecular weight excluding hydrogens is 276 g/mol. The Morgan fingerprint density at radius 3 is 2.71 bits per heavy atom. The van der Waals surface area contributed by atoms with Crippen LogP contribution in [0.2, 0.25) is 0 Å². The molecule has 2 aromatic rings. The van der Waals surface area contributed by atoms with Crippen LogP contribution in [0.3, 0.4) is 0 Å². The molecule has 2 nitrogen and oxygen atoms in total. The SMILES string of the molecule is CCNC(Cc1nc(-c2ccccc2)cs1)C1CCCC1. The summed E-state index contributed by atoms with van der Waals surface area (Å²) < 4.78 is 0. The van der Waals surface area contributed by atoms with Crippen LogP contribution in [0.15, 0.2) is 35.7 Å². The maximum absolute atomic E-state index is 4.85. The topological polar surface area (TPSA) is 24.9 Å². The zero-order valence-electron chi connectivity index (χ0n) is 12.7. The predicted octanol–water partition coefficient (Wildman–Crippen LogP) is 4.52. The molecule has 0 spiro atoms. The van der Waals surface area contributed by atoms with Gasteiger partial charge < -0.3 is 5.32 Å². The van der Waals surface area contributed by atoms with Gasteiger partial charge >= 0.3 is 0 Å². The maximum Gasteiger partial charge on any atom is 0.0948 e. The summed E-state index contributed by atoms with van der Waals surface area (Å²) in [5, 5.41) is 7.16. The van der Waals surface area contributed by atoms with Crippen LogP contribution in [0.5, 0.6) is 0 Å². The summed E-state index contributed by atoms with van der Waals surface area (Å²) in [5.74, 6) is 0.842. The molecule has 1 aromatic heterocycles. The number of nitrogens with zero attached hydrogens (tertiary/aromatic N) is 1. The third-order valence-electron chi connectivity index (χ3n) is 4.45. The average Bonchev–Trinajstić information content (AvgIpc) is 3.19. The van der Waals surface area contributed by atoms with Gasteiger partial charge in [0, 0.05) is 23.4 Å². The van der Waals surface area contributed by atoms with E-state index in [9.17, 15) is 0 Å². The zero-order valence-corrected chi connectivity index (χ0v) is 13.5. The van der Waals surface area contributed by atoms with Crippen molar-refractivity contribution in [2.45, 2.75) is 45.1 Å². The summed E-state index contributed by atoms with van der Waals surface area (Å²) in [5.41, 5.74) is 2.35. The fourth-order valence-electron chi connectivity index (χ4n) is 3.36. The van der Waals surface area contributed by atoms with Gasteiger partial charge in [-0.3, -0.25) is 0 Å². The highest BCUT2D eigenvalue weighted by Gasteiger charge is 2.25. The van der Waals surface area contributed by atoms with Crippen molar-refractivity contribution in [1.29, 1.82) is 0 Å². The molecule has 3 rings (SSSR count). The van der Waals surface area contributed by atoms with Crippen LogP contribution in [0.4, 0.5) is 0 Å². The van der Waals surface area contributed by atoms with Crippen molar-refractivity contribution < 1.29 is 0 Å². The van der Waals surface area contributed by atoms with E-state index in [-0.39, 0.29) is 0 Å². The van der Waals surface area contributed by atoms with E-state index in [1.807, 2.05) is 0 Å². The van der Waals surface area contributed by atoms with Gasteiger partial charge in [-0.1, -0.05) is 50.1 Å². The van der Waals surface area contributed by atoms with E-state index < -0.39 is 0 Å². The zero-order chi connectivity index (χ0) is 14.5. The third kappa shape index (κ3) is 3.72. The number of thiazole rings is 1. The first-order valence-corrected chi connectivity index (χ1v) is 8.98. The van der Waals surface area contributed by atoms with Crippen LogP contribution in [-0.2, 0) is 6.42 Å². The molecule has 0 amide bonds. The van der Waals surface area contributed by atoms with Gasteiger partial charge in [0.05, 0.1) is 10.7 Å². The largest absolute Gasteiger partial charge is 0.314 e. The highest BCUT2D eigenvalue weighted by molar-refractivity contribution is 7.09. The Labute approximate surface area is 131 Å². The van der Waals surface area contributed by atoms with E-state index >= 15 is 0 Å². The van der Waals surface area contributed by atoms with Crippen molar-refractivity contribution in [3.05, 3.63) is 40.7 Å². The van der Waals surface area contributed by atoms with Crippen LogP contribution in [0.25, 0.3) is 11.3 Å². The van der Waals surface area contributed by atoms with Crippen molar-refractivity contribution >= 4 is 11.3 Å². The van der Waals surface area contributed by atoms with Crippen LogP contribution in [-0.4, -0.2) is 17.6 Å². The lowest BCUT2D eigenvalue weighted by atomic mass is 9.95. The predicted molar refractivity (Wildman–Crippen MR) is 90.7 cm³/mol. The van der Waals surface area contributed by atoms with Gasteiger partial charge in [-0.05, 0) is 25.3 Å². The van der Waals surface area contributed by atoms with Crippen molar-refractivity contribution in [2.75, 3.05) is 6.54 Å². The lowest BCUT2D eigenvalue weighted by Crippen LogP contribution is -2.36. The molecule has 3 heteroatoms. The number of rotatable bonds is 6. The standard InChI is InChI=1S/C18H24N2S/c1-2-19-16(14-10-6-7-11-14)12-18-20-17(13-21-18)15-8-4-3-5-9-15/h3-5,8-9,13-14,16,19H,2,6-7,10-12H2,1H3. The summed E-state index contributed by atoms with van der Waals surface area (Å²) >= 11 is 1.81. The van der Waals surface area contributed by atoms with E-state index in [1.165, 1.54) is 36.3 Å². The summed E-state index contributed by atoms with van der Waals surface area (Å²) in [4.78, 5) is 4.85. The van der Waals surface area contributed by atoms with Crippen molar-refractivity contribution in [3.63, 3.8) is 0 Å². The monoisotopic (exact) mass is 300 g/mol. The molecule has 1 fully saturated rings. The van der Waals surface area contributed by atoms with Crippen molar-refractivity contribution in [2.24, 2.45) is 5.92 Å². The molecule has 0 radical (unpaired) electrons. The molecule has 1 saturated carbocycles. The second kappa shape index (κ2) is 7.19. The van der Waals surface area contributed by atoms with Crippen molar-refractivity contribution in [1.82, 2.24) is 10.3 Å². The van der Waals surface area contributed by atoms with Gasteiger partial charge in [0.15, 0.2) is 0 Å². The lowest BCUT2D eigenvalue weighted by molar-refractivity contribution is 0.362. The van der Waals surface area contributed by atoms with Gasteiger partial charge in [0.1, 0.15) is 0 Å². The van der Waals surface area contributed by atoms with Gasteiger partial charge in [0.25, 0.3) is 0 Å². The Morgan fingerprint density at radius 1 is 1.24 bits per heavy atom. The molecule has 1 aliphatic carbocycles. The molecule has 0 bridgehead atoms. The first kappa shape index (κ1) is 14.7. The second-order valence-corrected chi connectivity index (χ2v) is 6.85. The smallest absolute Gasteiger partial charge is 0.0948 e. The van der Waals surface area contributed by atoms with Crippen LogP contribution < -0.4 is 5.32 Å². The fourth-order valence-corrected chi connectivity index (χ4v) is 4.23. The number of hydrogen-bond acceptors (Lipinski definition) is 3. The average molecular weight is 300 g/mol.